The normalized spacial score (nSPS) is 10.1. The van der Waals surface area contributed by atoms with E-state index in [0.29, 0.717) is 17.2 Å². The van der Waals surface area contributed by atoms with E-state index in [1.807, 2.05) is 13.8 Å². The first-order chi connectivity index (χ1) is 8.58. The number of amides is 1. The molecule has 7 heteroatoms. The van der Waals surface area contributed by atoms with Crippen molar-refractivity contribution in [2.24, 2.45) is 0 Å². The van der Waals surface area contributed by atoms with Crippen LogP contribution in [-0.2, 0) is 0 Å². The van der Waals surface area contributed by atoms with Crippen LogP contribution in [0.2, 0.25) is 0 Å². The first kappa shape index (κ1) is 15.0. The summed E-state index contributed by atoms with van der Waals surface area (Å²) in [5.74, 6) is 0.367. The average molecular weight is 282 g/mol. The second-order valence-corrected chi connectivity index (χ2v) is 4.19. The van der Waals surface area contributed by atoms with Gasteiger partial charge in [0.15, 0.2) is 0 Å². The monoisotopic (exact) mass is 281 g/mol. The topological polar surface area (TPSA) is 85.8 Å². The van der Waals surface area contributed by atoms with Gasteiger partial charge in [-0.3, -0.25) is 4.79 Å². The molecule has 0 atom stereocenters. The number of rotatable bonds is 3. The van der Waals surface area contributed by atoms with Gasteiger partial charge in [0.2, 0.25) is 0 Å². The number of nitrogens with zero attached hydrogens (tertiary/aromatic N) is 3. The van der Waals surface area contributed by atoms with Crippen LogP contribution >= 0.6 is 12.4 Å². The summed E-state index contributed by atoms with van der Waals surface area (Å²) in [7, 11) is 0. The number of carbonyl (C=O) groups is 1. The van der Waals surface area contributed by atoms with Crippen molar-refractivity contribution in [2.75, 3.05) is 11.1 Å². The van der Waals surface area contributed by atoms with Crippen molar-refractivity contribution < 1.29 is 4.79 Å². The molecule has 0 aliphatic rings. The first-order valence-corrected chi connectivity index (χ1v) is 5.64. The maximum Gasteiger partial charge on any atom is 0.275 e. The Morgan fingerprint density at radius 2 is 2.11 bits per heavy atom. The maximum atomic E-state index is 11.9. The Labute approximate surface area is 117 Å². The number of halogens is 1. The zero-order valence-electron chi connectivity index (χ0n) is 10.7. The van der Waals surface area contributed by atoms with Crippen LogP contribution in [0, 0.1) is 0 Å². The molecule has 3 N–H and O–H groups in total. The van der Waals surface area contributed by atoms with Gasteiger partial charge in [0, 0.05) is 12.1 Å². The summed E-state index contributed by atoms with van der Waals surface area (Å²) in [6.07, 6.45) is 3.10. The molecule has 6 nitrogen and oxygen atoms in total. The van der Waals surface area contributed by atoms with Crippen LogP contribution in [0.5, 0.6) is 0 Å². The highest BCUT2D eigenvalue weighted by atomic mass is 35.5. The first-order valence-electron chi connectivity index (χ1n) is 5.64. The highest BCUT2D eigenvalue weighted by Crippen LogP contribution is 2.14. The van der Waals surface area contributed by atoms with Gasteiger partial charge in [-0.15, -0.1) is 12.4 Å². The number of nitrogens with one attached hydrogen (secondary N) is 1. The Hall–Kier alpha value is -2.08. The van der Waals surface area contributed by atoms with Gasteiger partial charge < -0.3 is 11.1 Å². The van der Waals surface area contributed by atoms with Crippen LogP contribution in [0.4, 0.5) is 11.5 Å². The number of nitrogen functional groups attached to an aromatic ring is 1. The lowest BCUT2D eigenvalue weighted by atomic mass is 10.3. The van der Waals surface area contributed by atoms with Crippen LogP contribution < -0.4 is 11.1 Å². The molecule has 0 saturated carbocycles. The predicted octanol–water partition coefficient (Wildman–Crippen LogP) is 2.12. The molecule has 2 aromatic heterocycles. The van der Waals surface area contributed by atoms with Gasteiger partial charge in [-0.05, 0) is 26.0 Å². The largest absolute Gasteiger partial charge is 0.397 e. The molecule has 0 saturated heterocycles. The lowest BCUT2D eigenvalue weighted by Crippen LogP contribution is -2.17. The van der Waals surface area contributed by atoms with E-state index in [1.165, 1.54) is 6.20 Å². The van der Waals surface area contributed by atoms with Gasteiger partial charge in [0.05, 0.1) is 18.1 Å². The molecular weight excluding hydrogens is 266 g/mol. The fourth-order valence-corrected chi connectivity index (χ4v) is 1.54. The maximum absolute atomic E-state index is 11.9. The minimum Gasteiger partial charge on any atom is -0.397 e. The summed E-state index contributed by atoms with van der Waals surface area (Å²) in [6, 6.07) is 5.15. The molecule has 0 fully saturated rings. The molecule has 0 spiro atoms. The minimum atomic E-state index is -0.280. The van der Waals surface area contributed by atoms with E-state index in [9.17, 15) is 4.79 Å². The molecule has 2 heterocycles. The quantitative estimate of drug-likeness (QED) is 0.902. The average Bonchev–Trinajstić information content (AvgIpc) is 2.78. The second-order valence-electron chi connectivity index (χ2n) is 4.19. The van der Waals surface area contributed by atoms with Crippen molar-refractivity contribution in [3.63, 3.8) is 0 Å². The Morgan fingerprint density at radius 1 is 1.37 bits per heavy atom. The highest BCUT2D eigenvalue weighted by Gasteiger charge is 2.11. The number of anilines is 2. The molecule has 0 radical (unpaired) electrons. The lowest BCUT2D eigenvalue weighted by molar-refractivity contribution is 0.102. The fourth-order valence-electron chi connectivity index (χ4n) is 1.54. The van der Waals surface area contributed by atoms with E-state index < -0.39 is 0 Å². The van der Waals surface area contributed by atoms with Crippen molar-refractivity contribution >= 4 is 29.8 Å². The Kier molecular flexibility index (Phi) is 4.88. The molecule has 102 valence electrons. The third kappa shape index (κ3) is 3.45. The van der Waals surface area contributed by atoms with Crippen molar-refractivity contribution in [3.8, 4) is 0 Å². The third-order valence-corrected chi connectivity index (χ3v) is 2.42. The molecule has 1 amide bonds. The number of hydrogen-bond donors (Lipinski definition) is 2. The van der Waals surface area contributed by atoms with Gasteiger partial charge in [0.1, 0.15) is 11.5 Å². The van der Waals surface area contributed by atoms with E-state index in [0.717, 1.165) is 0 Å². The smallest absolute Gasteiger partial charge is 0.275 e. The molecule has 19 heavy (non-hydrogen) atoms. The molecule has 0 bridgehead atoms. The van der Waals surface area contributed by atoms with Crippen LogP contribution in [0.3, 0.4) is 0 Å². The Morgan fingerprint density at radius 3 is 2.68 bits per heavy atom. The fraction of sp³-hybridized carbons (Fsp3) is 0.250. The number of nitrogens with two attached hydrogens (primary N) is 1. The van der Waals surface area contributed by atoms with Crippen LogP contribution in [0.15, 0.2) is 30.6 Å². The number of pyridine rings is 1. The van der Waals surface area contributed by atoms with Gasteiger partial charge in [-0.25, -0.2) is 9.67 Å². The van der Waals surface area contributed by atoms with Crippen LogP contribution in [-0.4, -0.2) is 20.7 Å². The molecular formula is C12H16ClN5O. The summed E-state index contributed by atoms with van der Waals surface area (Å²) in [5, 5.41) is 6.90. The molecule has 0 aromatic carbocycles. The van der Waals surface area contributed by atoms with E-state index in [-0.39, 0.29) is 24.4 Å². The highest BCUT2D eigenvalue weighted by molar-refractivity contribution is 6.02. The summed E-state index contributed by atoms with van der Waals surface area (Å²) in [6.45, 7) is 3.98. The number of aromatic nitrogens is 3. The lowest BCUT2D eigenvalue weighted by Gasteiger charge is -2.11. The van der Waals surface area contributed by atoms with Gasteiger partial charge in [-0.1, -0.05) is 0 Å². The second kappa shape index (κ2) is 6.19. The zero-order chi connectivity index (χ0) is 13.1. The zero-order valence-corrected chi connectivity index (χ0v) is 11.5. The van der Waals surface area contributed by atoms with Gasteiger partial charge in [0.25, 0.3) is 5.91 Å². The summed E-state index contributed by atoms with van der Waals surface area (Å²) in [4.78, 5) is 15.9. The third-order valence-electron chi connectivity index (χ3n) is 2.42. The predicted molar refractivity (Wildman–Crippen MR) is 76.5 cm³/mol. The number of carbonyl (C=O) groups excluding carboxylic acids is 1. The molecule has 2 aromatic rings. The van der Waals surface area contributed by atoms with Gasteiger partial charge in [-0.2, -0.15) is 5.10 Å². The number of hydrogen-bond acceptors (Lipinski definition) is 4. The summed E-state index contributed by atoms with van der Waals surface area (Å²) in [5.41, 5.74) is 6.37. The van der Waals surface area contributed by atoms with E-state index in [4.69, 9.17) is 5.73 Å². The van der Waals surface area contributed by atoms with Crippen LogP contribution in [0.25, 0.3) is 0 Å². The van der Waals surface area contributed by atoms with E-state index in [1.54, 1.807) is 29.1 Å². The molecule has 0 aliphatic heterocycles. The standard InChI is InChI=1S/C12H15N5O.ClH/c1-8(2)17-11(5-6-15-17)16-12(18)10-4-3-9(13)7-14-10;/h3-8H,13H2,1-2H3,(H,16,18);1H. The van der Waals surface area contributed by atoms with E-state index in [2.05, 4.69) is 15.4 Å². The summed E-state index contributed by atoms with van der Waals surface area (Å²) < 4.78 is 1.73. The SMILES string of the molecule is CC(C)n1nccc1NC(=O)c1ccc(N)cn1.Cl. The Bertz CT molecular complexity index is 550. The van der Waals surface area contributed by atoms with Crippen molar-refractivity contribution in [1.29, 1.82) is 0 Å². The molecule has 2 rings (SSSR count). The van der Waals surface area contributed by atoms with Crippen molar-refractivity contribution in [1.82, 2.24) is 14.8 Å². The molecule has 0 unspecified atom stereocenters. The molecule has 0 aliphatic carbocycles. The summed E-state index contributed by atoms with van der Waals surface area (Å²) >= 11 is 0. The van der Waals surface area contributed by atoms with E-state index >= 15 is 0 Å². The van der Waals surface area contributed by atoms with Crippen molar-refractivity contribution in [2.45, 2.75) is 19.9 Å². The van der Waals surface area contributed by atoms with Crippen molar-refractivity contribution in [3.05, 3.63) is 36.3 Å². The van der Waals surface area contributed by atoms with Gasteiger partial charge >= 0.3 is 0 Å². The Balaban J connectivity index is 0.00000180. The van der Waals surface area contributed by atoms with Crippen LogP contribution in [0.1, 0.15) is 30.4 Å². The minimum absolute atomic E-state index is 0.